The molecule has 0 aliphatic carbocycles. The Kier molecular flexibility index (Phi) is 8.34. The molecule has 0 saturated heterocycles. The van der Waals surface area contributed by atoms with Gasteiger partial charge in [0.2, 0.25) is 0 Å². The zero-order chi connectivity index (χ0) is 19.5. The predicted molar refractivity (Wildman–Crippen MR) is 99.3 cm³/mol. The molecule has 7 nitrogen and oxygen atoms in total. The highest BCUT2D eigenvalue weighted by atomic mass is 19.3. The number of alkyl halides is 2. The Morgan fingerprint density at radius 2 is 2.11 bits per heavy atom. The third-order valence-electron chi connectivity index (χ3n) is 3.51. The van der Waals surface area contributed by atoms with E-state index in [1.54, 1.807) is 36.0 Å². The topological polar surface area (TPSA) is 72.7 Å². The Bertz CT molecular complexity index is 708. The maximum absolute atomic E-state index is 12.8. The summed E-state index contributed by atoms with van der Waals surface area (Å²) in [6.07, 6.45) is 3.59. The number of nitrogens with one attached hydrogen (secondary N) is 2. The molecule has 1 aromatic carbocycles. The minimum atomic E-state index is -2.94. The van der Waals surface area contributed by atoms with Gasteiger partial charge in [-0.3, -0.25) is 4.68 Å². The standard InChI is InChI=1S/C18H25F2N5O2/c1-3-21-18(22-10-12-25-11-6-9-24-25)23-13-14-7-5-8-15(26-4-2)16(14)27-17(19)20/h5-9,11,17H,3-4,10,12-13H2,1-2H3,(H2,21,22,23). The second-order valence-electron chi connectivity index (χ2n) is 5.45. The van der Waals surface area contributed by atoms with E-state index >= 15 is 0 Å². The summed E-state index contributed by atoms with van der Waals surface area (Å²) in [5.74, 6) is 0.877. The molecular formula is C18H25F2N5O2. The minimum absolute atomic E-state index is 0.0190. The molecule has 1 heterocycles. The largest absolute Gasteiger partial charge is 0.490 e. The lowest BCUT2D eigenvalue weighted by molar-refractivity contribution is -0.0520. The van der Waals surface area contributed by atoms with Crippen LogP contribution in [0.1, 0.15) is 19.4 Å². The van der Waals surface area contributed by atoms with Gasteiger partial charge in [0.1, 0.15) is 0 Å². The van der Waals surface area contributed by atoms with Gasteiger partial charge < -0.3 is 20.1 Å². The van der Waals surface area contributed by atoms with Crippen LogP contribution in [0.5, 0.6) is 11.5 Å². The first-order valence-corrected chi connectivity index (χ1v) is 8.83. The van der Waals surface area contributed by atoms with Gasteiger partial charge in [-0.25, -0.2) is 4.99 Å². The molecule has 0 spiro atoms. The van der Waals surface area contributed by atoms with Gasteiger partial charge in [0.25, 0.3) is 0 Å². The molecule has 1 aromatic heterocycles. The molecule has 2 rings (SSSR count). The maximum atomic E-state index is 12.8. The summed E-state index contributed by atoms with van der Waals surface area (Å²) in [5.41, 5.74) is 0.519. The molecule has 0 aliphatic rings. The van der Waals surface area contributed by atoms with E-state index in [2.05, 4.69) is 25.5 Å². The van der Waals surface area contributed by atoms with Crippen LogP contribution in [0, 0.1) is 0 Å². The zero-order valence-electron chi connectivity index (χ0n) is 15.5. The van der Waals surface area contributed by atoms with Crippen LogP contribution in [-0.4, -0.2) is 42.0 Å². The Balaban J connectivity index is 2.07. The number of hydrogen-bond acceptors (Lipinski definition) is 4. The lowest BCUT2D eigenvalue weighted by Gasteiger charge is -2.15. The van der Waals surface area contributed by atoms with E-state index in [1.165, 1.54) is 0 Å². The lowest BCUT2D eigenvalue weighted by atomic mass is 10.2. The number of guanidine groups is 1. The highest BCUT2D eigenvalue weighted by molar-refractivity contribution is 5.79. The fourth-order valence-electron chi connectivity index (χ4n) is 2.41. The van der Waals surface area contributed by atoms with Gasteiger partial charge in [0.05, 0.1) is 19.7 Å². The number of halogens is 2. The average molecular weight is 381 g/mol. The lowest BCUT2D eigenvalue weighted by Crippen LogP contribution is -2.38. The minimum Gasteiger partial charge on any atom is -0.490 e. The number of para-hydroxylation sites is 1. The third kappa shape index (κ3) is 6.76. The summed E-state index contributed by atoms with van der Waals surface area (Å²) < 4.78 is 37.5. The molecule has 0 atom stereocenters. The molecule has 2 N–H and O–H groups in total. The molecule has 0 amide bonds. The monoisotopic (exact) mass is 381 g/mol. The molecule has 0 saturated carbocycles. The van der Waals surface area contributed by atoms with Gasteiger partial charge >= 0.3 is 6.61 Å². The van der Waals surface area contributed by atoms with Crippen molar-refractivity contribution in [1.82, 2.24) is 20.4 Å². The molecule has 0 unspecified atom stereocenters. The second kappa shape index (κ2) is 11.0. The molecule has 0 bridgehead atoms. The van der Waals surface area contributed by atoms with E-state index in [0.29, 0.717) is 37.8 Å². The van der Waals surface area contributed by atoms with Crippen molar-refractivity contribution in [2.75, 3.05) is 19.7 Å². The average Bonchev–Trinajstić information content (AvgIpc) is 3.15. The van der Waals surface area contributed by atoms with Crippen LogP contribution in [0.4, 0.5) is 8.78 Å². The van der Waals surface area contributed by atoms with Crippen LogP contribution >= 0.6 is 0 Å². The number of nitrogens with zero attached hydrogens (tertiary/aromatic N) is 3. The molecule has 0 fully saturated rings. The fraction of sp³-hybridized carbons (Fsp3) is 0.444. The van der Waals surface area contributed by atoms with Gasteiger partial charge in [0.15, 0.2) is 17.5 Å². The van der Waals surface area contributed by atoms with Gasteiger partial charge in [-0.15, -0.1) is 0 Å². The van der Waals surface area contributed by atoms with E-state index in [0.717, 1.165) is 0 Å². The van der Waals surface area contributed by atoms with Crippen molar-refractivity contribution in [3.05, 3.63) is 42.2 Å². The fourth-order valence-corrected chi connectivity index (χ4v) is 2.41. The van der Waals surface area contributed by atoms with Crippen LogP contribution in [-0.2, 0) is 13.1 Å². The molecule has 0 radical (unpaired) electrons. The van der Waals surface area contributed by atoms with Crippen molar-refractivity contribution in [1.29, 1.82) is 0 Å². The molecule has 148 valence electrons. The van der Waals surface area contributed by atoms with Crippen molar-refractivity contribution in [3.63, 3.8) is 0 Å². The number of ether oxygens (including phenoxy) is 2. The molecule has 0 aliphatic heterocycles. The van der Waals surface area contributed by atoms with Crippen LogP contribution in [0.2, 0.25) is 0 Å². The number of rotatable bonds is 10. The number of benzene rings is 1. The van der Waals surface area contributed by atoms with Crippen LogP contribution < -0.4 is 20.1 Å². The molecule has 27 heavy (non-hydrogen) atoms. The SMILES string of the molecule is CCNC(=NCc1cccc(OCC)c1OC(F)F)NCCn1cccn1. The van der Waals surface area contributed by atoms with E-state index in [4.69, 9.17) is 4.74 Å². The Morgan fingerprint density at radius 1 is 1.26 bits per heavy atom. The van der Waals surface area contributed by atoms with Crippen molar-refractivity contribution in [3.8, 4) is 11.5 Å². The summed E-state index contributed by atoms with van der Waals surface area (Å²) in [5, 5.41) is 10.4. The highest BCUT2D eigenvalue weighted by Crippen LogP contribution is 2.33. The van der Waals surface area contributed by atoms with Gasteiger partial charge in [-0.05, 0) is 26.0 Å². The number of aromatic nitrogens is 2. The molecule has 9 heteroatoms. The van der Waals surface area contributed by atoms with Crippen molar-refractivity contribution >= 4 is 5.96 Å². The zero-order valence-corrected chi connectivity index (χ0v) is 15.5. The smallest absolute Gasteiger partial charge is 0.387 e. The quantitative estimate of drug-likeness (QED) is 0.489. The van der Waals surface area contributed by atoms with E-state index in [1.807, 2.05) is 19.2 Å². The van der Waals surface area contributed by atoms with E-state index in [-0.39, 0.29) is 18.0 Å². The first-order chi connectivity index (χ1) is 13.1. The summed E-state index contributed by atoms with van der Waals surface area (Å²) >= 11 is 0. The van der Waals surface area contributed by atoms with Crippen LogP contribution in [0.3, 0.4) is 0 Å². The van der Waals surface area contributed by atoms with Gasteiger partial charge in [-0.1, -0.05) is 12.1 Å². The van der Waals surface area contributed by atoms with Crippen molar-refractivity contribution in [2.45, 2.75) is 33.5 Å². The van der Waals surface area contributed by atoms with Gasteiger partial charge in [-0.2, -0.15) is 13.9 Å². The number of aliphatic imine (C=N–C) groups is 1. The normalized spacial score (nSPS) is 11.5. The van der Waals surface area contributed by atoms with Crippen LogP contribution in [0.15, 0.2) is 41.7 Å². The Hall–Kier alpha value is -2.84. The summed E-state index contributed by atoms with van der Waals surface area (Å²) in [7, 11) is 0. The summed E-state index contributed by atoms with van der Waals surface area (Å²) in [4.78, 5) is 4.46. The summed E-state index contributed by atoms with van der Waals surface area (Å²) in [6, 6.07) is 6.88. The first-order valence-electron chi connectivity index (χ1n) is 8.83. The van der Waals surface area contributed by atoms with E-state index in [9.17, 15) is 8.78 Å². The predicted octanol–water partition coefficient (Wildman–Crippen LogP) is 2.64. The number of hydrogen-bond donors (Lipinski definition) is 2. The van der Waals surface area contributed by atoms with E-state index < -0.39 is 6.61 Å². The van der Waals surface area contributed by atoms with Crippen molar-refractivity contribution < 1.29 is 18.3 Å². The first kappa shape index (κ1) is 20.5. The molecular weight excluding hydrogens is 356 g/mol. The van der Waals surface area contributed by atoms with Gasteiger partial charge in [0, 0.05) is 31.0 Å². The molecule has 2 aromatic rings. The maximum Gasteiger partial charge on any atom is 0.387 e. The van der Waals surface area contributed by atoms with Crippen molar-refractivity contribution in [2.24, 2.45) is 4.99 Å². The third-order valence-corrected chi connectivity index (χ3v) is 3.51. The summed E-state index contributed by atoms with van der Waals surface area (Å²) in [6.45, 7) is 3.28. The highest BCUT2D eigenvalue weighted by Gasteiger charge is 2.15. The Morgan fingerprint density at radius 3 is 2.78 bits per heavy atom. The van der Waals surface area contributed by atoms with Crippen LogP contribution in [0.25, 0.3) is 0 Å². The second-order valence-corrected chi connectivity index (χ2v) is 5.45. The Labute approximate surface area is 157 Å².